The van der Waals surface area contributed by atoms with Crippen LogP contribution < -0.4 is 10.4 Å². The molecule has 1 aromatic carbocycles. The van der Waals surface area contributed by atoms with Gasteiger partial charge in [0.1, 0.15) is 5.75 Å². The zero-order valence-corrected chi connectivity index (χ0v) is 9.12. The molecule has 0 aliphatic carbocycles. The first-order valence-corrected chi connectivity index (χ1v) is 4.94. The highest BCUT2D eigenvalue weighted by atomic mass is 16.5. The Labute approximate surface area is 92.1 Å². The van der Waals surface area contributed by atoms with Crippen molar-refractivity contribution in [2.45, 2.75) is 6.92 Å². The fourth-order valence-electron chi connectivity index (χ4n) is 1.35. The number of nitrogens with zero attached hydrogens (tertiary/aromatic N) is 4. The zero-order valence-electron chi connectivity index (χ0n) is 9.12. The summed E-state index contributed by atoms with van der Waals surface area (Å²) in [5, 5.41) is 7.39. The van der Waals surface area contributed by atoms with E-state index < -0.39 is 0 Å². The molecule has 6 nitrogen and oxygen atoms in total. The van der Waals surface area contributed by atoms with Crippen molar-refractivity contribution in [3.05, 3.63) is 34.7 Å². The molecule has 2 rings (SSSR count). The minimum atomic E-state index is -0.284. The Morgan fingerprint density at radius 1 is 1.38 bits per heavy atom. The highest BCUT2D eigenvalue weighted by Gasteiger charge is 2.06. The van der Waals surface area contributed by atoms with Crippen LogP contribution in [0.25, 0.3) is 5.69 Å². The van der Waals surface area contributed by atoms with Crippen molar-refractivity contribution < 1.29 is 4.74 Å². The van der Waals surface area contributed by atoms with Crippen molar-refractivity contribution >= 4 is 0 Å². The van der Waals surface area contributed by atoms with Crippen molar-refractivity contribution in [3.8, 4) is 11.4 Å². The average molecular weight is 220 g/mol. The van der Waals surface area contributed by atoms with Gasteiger partial charge in [-0.25, -0.2) is 4.79 Å². The van der Waals surface area contributed by atoms with E-state index in [-0.39, 0.29) is 5.69 Å². The van der Waals surface area contributed by atoms with E-state index in [0.29, 0.717) is 18.0 Å². The third kappa shape index (κ3) is 1.81. The molecule has 2 aromatic rings. The third-order valence-corrected chi connectivity index (χ3v) is 2.09. The molecular weight excluding hydrogens is 208 g/mol. The number of aromatic nitrogens is 4. The second kappa shape index (κ2) is 4.18. The summed E-state index contributed by atoms with van der Waals surface area (Å²) in [5.74, 6) is 0.706. The average Bonchev–Trinajstić information content (AvgIpc) is 2.61. The van der Waals surface area contributed by atoms with E-state index in [1.807, 2.05) is 13.0 Å². The van der Waals surface area contributed by atoms with Crippen LogP contribution in [0.5, 0.6) is 5.75 Å². The van der Waals surface area contributed by atoms with E-state index in [4.69, 9.17) is 4.74 Å². The summed E-state index contributed by atoms with van der Waals surface area (Å²) < 4.78 is 7.74. The summed E-state index contributed by atoms with van der Waals surface area (Å²) in [6.45, 7) is 2.49. The van der Waals surface area contributed by atoms with Gasteiger partial charge in [0, 0.05) is 13.1 Å². The maximum absolute atomic E-state index is 11.6. The van der Waals surface area contributed by atoms with Crippen molar-refractivity contribution in [1.82, 2.24) is 19.8 Å². The van der Waals surface area contributed by atoms with Crippen molar-refractivity contribution in [2.24, 2.45) is 7.05 Å². The summed E-state index contributed by atoms with van der Waals surface area (Å²) in [6.07, 6.45) is 0. The van der Waals surface area contributed by atoms with Gasteiger partial charge < -0.3 is 4.74 Å². The molecule has 84 valence electrons. The van der Waals surface area contributed by atoms with Gasteiger partial charge in [0.15, 0.2) is 0 Å². The van der Waals surface area contributed by atoms with Gasteiger partial charge >= 0.3 is 5.69 Å². The zero-order chi connectivity index (χ0) is 11.5. The maximum Gasteiger partial charge on any atom is 0.368 e. The van der Waals surface area contributed by atoms with E-state index in [1.165, 1.54) is 9.36 Å². The largest absolute Gasteiger partial charge is 0.494 e. The van der Waals surface area contributed by atoms with E-state index >= 15 is 0 Å². The lowest BCUT2D eigenvalue weighted by atomic mass is 10.3. The molecule has 0 bridgehead atoms. The lowest BCUT2D eigenvalue weighted by molar-refractivity contribution is 0.340. The van der Waals surface area contributed by atoms with E-state index in [1.54, 1.807) is 25.2 Å². The quantitative estimate of drug-likeness (QED) is 0.749. The lowest BCUT2D eigenvalue weighted by Gasteiger charge is -2.04. The molecule has 0 unspecified atom stereocenters. The Kier molecular flexibility index (Phi) is 2.72. The standard InChI is InChI=1S/C10H12N4O2/c1-3-16-9-6-4-5-8(7-9)14-10(15)13(2)11-12-14/h4-7H,3H2,1-2H3. The first-order chi connectivity index (χ1) is 7.72. The van der Waals surface area contributed by atoms with Crippen LogP contribution in [-0.4, -0.2) is 26.4 Å². The SMILES string of the molecule is CCOc1cccc(-n2nnn(C)c2=O)c1. The topological polar surface area (TPSA) is 61.9 Å². The number of ether oxygens (including phenoxy) is 1. The molecule has 0 aliphatic rings. The highest BCUT2D eigenvalue weighted by molar-refractivity contribution is 5.37. The Bertz CT molecular complexity index is 544. The Morgan fingerprint density at radius 3 is 2.81 bits per heavy atom. The van der Waals surface area contributed by atoms with Crippen LogP contribution in [0.1, 0.15) is 6.92 Å². The molecule has 0 fully saturated rings. The van der Waals surface area contributed by atoms with Crippen molar-refractivity contribution in [3.63, 3.8) is 0 Å². The maximum atomic E-state index is 11.6. The van der Waals surface area contributed by atoms with Gasteiger partial charge in [-0.2, -0.15) is 9.36 Å². The van der Waals surface area contributed by atoms with Gasteiger partial charge in [0.05, 0.1) is 12.3 Å². The van der Waals surface area contributed by atoms with Gasteiger partial charge in [-0.1, -0.05) is 6.07 Å². The van der Waals surface area contributed by atoms with Crippen molar-refractivity contribution in [2.75, 3.05) is 6.61 Å². The monoisotopic (exact) mass is 220 g/mol. The smallest absolute Gasteiger partial charge is 0.368 e. The molecule has 0 aliphatic heterocycles. The minimum Gasteiger partial charge on any atom is -0.494 e. The van der Waals surface area contributed by atoms with E-state index in [9.17, 15) is 4.79 Å². The first kappa shape index (κ1) is 10.4. The Balaban J connectivity index is 2.44. The second-order valence-electron chi connectivity index (χ2n) is 3.23. The molecule has 0 saturated heterocycles. The molecule has 0 radical (unpaired) electrons. The Morgan fingerprint density at radius 2 is 2.19 bits per heavy atom. The van der Waals surface area contributed by atoms with Crippen molar-refractivity contribution in [1.29, 1.82) is 0 Å². The number of hydrogen-bond acceptors (Lipinski definition) is 4. The van der Waals surface area contributed by atoms with Gasteiger partial charge in [-0.3, -0.25) is 0 Å². The minimum absolute atomic E-state index is 0.284. The molecule has 1 aromatic heterocycles. The number of aryl methyl sites for hydroxylation is 1. The van der Waals surface area contributed by atoms with Gasteiger partial charge in [-0.05, 0) is 29.5 Å². The molecular formula is C10H12N4O2. The summed E-state index contributed by atoms with van der Waals surface area (Å²) in [4.78, 5) is 11.6. The summed E-state index contributed by atoms with van der Waals surface area (Å²) >= 11 is 0. The van der Waals surface area contributed by atoms with Gasteiger partial charge in [-0.15, -0.1) is 0 Å². The number of hydrogen-bond donors (Lipinski definition) is 0. The van der Waals surface area contributed by atoms with Crippen LogP contribution in [0.15, 0.2) is 29.1 Å². The van der Waals surface area contributed by atoms with Crippen LogP contribution >= 0.6 is 0 Å². The second-order valence-corrected chi connectivity index (χ2v) is 3.23. The number of benzene rings is 1. The van der Waals surface area contributed by atoms with Crippen LogP contribution in [0.3, 0.4) is 0 Å². The van der Waals surface area contributed by atoms with E-state index in [0.717, 1.165) is 0 Å². The molecule has 0 N–H and O–H groups in total. The normalized spacial score (nSPS) is 10.4. The van der Waals surface area contributed by atoms with Crippen LogP contribution in [0.2, 0.25) is 0 Å². The third-order valence-electron chi connectivity index (χ3n) is 2.09. The summed E-state index contributed by atoms with van der Waals surface area (Å²) in [7, 11) is 1.55. The molecule has 1 heterocycles. The van der Waals surface area contributed by atoms with Gasteiger partial charge in [0.2, 0.25) is 0 Å². The van der Waals surface area contributed by atoms with E-state index in [2.05, 4.69) is 10.4 Å². The lowest BCUT2D eigenvalue weighted by Crippen LogP contribution is -2.21. The number of rotatable bonds is 3. The summed E-state index contributed by atoms with van der Waals surface area (Å²) in [5.41, 5.74) is 0.359. The molecule has 16 heavy (non-hydrogen) atoms. The number of tetrazole rings is 1. The summed E-state index contributed by atoms with van der Waals surface area (Å²) in [6, 6.07) is 7.16. The molecule has 0 amide bonds. The fraction of sp³-hybridized carbons (Fsp3) is 0.300. The van der Waals surface area contributed by atoms with Crippen LogP contribution in [0, 0.1) is 0 Å². The predicted molar refractivity (Wildman–Crippen MR) is 57.8 cm³/mol. The Hall–Kier alpha value is -2.11. The molecule has 0 spiro atoms. The highest BCUT2D eigenvalue weighted by Crippen LogP contribution is 2.14. The van der Waals surface area contributed by atoms with Crippen LogP contribution in [-0.2, 0) is 7.05 Å². The predicted octanol–water partition coefficient (Wildman–Crippen LogP) is 0.365. The van der Waals surface area contributed by atoms with Gasteiger partial charge in [0.25, 0.3) is 0 Å². The van der Waals surface area contributed by atoms with Crippen LogP contribution in [0.4, 0.5) is 0 Å². The molecule has 6 heteroatoms. The fourth-order valence-corrected chi connectivity index (χ4v) is 1.35. The first-order valence-electron chi connectivity index (χ1n) is 4.94. The molecule has 0 saturated carbocycles. The molecule has 0 atom stereocenters.